The van der Waals surface area contributed by atoms with Gasteiger partial charge in [0.05, 0.1) is 0 Å². The second kappa shape index (κ2) is 5.22. The lowest BCUT2D eigenvalue weighted by Gasteiger charge is -2.38. The van der Waals surface area contributed by atoms with Gasteiger partial charge in [0, 0.05) is 31.7 Å². The van der Waals surface area contributed by atoms with Gasteiger partial charge in [0.2, 0.25) is 0 Å². The summed E-state index contributed by atoms with van der Waals surface area (Å²) in [6.45, 7) is 3.76. The predicted octanol–water partition coefficient (Wildman–Crippen LogP) is 0.529. The van der Waals surface area contributed by atoms with Crippen molar-refractivity contribution in [2.24, 2.45) is 5.73 Å². The first-order valence-electron chi connectivity index (χ1n) is 6.54. The highest BCUT2D eigenvalue weighted by molar-refractivity contribution is 7.86. The number of nitrogens with zero attached hydrogens (tertiary/aromatic N) is 2. The maximum atomic E-state index is 12.5. The van der Waals surface area contributed by atoms with E-state index in [0.717, 1.165) is 32.1 Å². The summed E-state index contributed by atoms with van der Waals surface area (Å²) in [5.41, 5.74) is 5.86. The summed E-state index contributed by atoms with van der Waals surface area (Å²) in [7, 11) is -3.28. The van der Waals surface area contributed by atoms with Gasteiger partial charge >= 0.3 is 0 Å². The Hall–Kier alpha value is -0.170. The first-order chi connectivity index (χ1) is 8.01. The highest BCUT2D eigenvalue weighted by atomic mass is 32.2. The van der Waals surface area contributed by atoms with Crippen LogP contribution in [-0.2, 0) is 10.2 Å². The van der Waals surface area contributed by atoms with Crippen LogP contribution in [0.25, 0.3) is 0 Å². The topological polar surface area (TPSA) is 66.6 Å². The molecule has 0 radical (unpaired) electrons. The van der Waals surface area contributed by atoms with E-state index in [1.54, 1.807) is 8.61 Å². The second-order valence-electron chi connectivity index (χ2n) is 5.22. The lowest BCUT2D eigenvalue weighted by molar-refractivity contribution is 0.229. The van der Waals surface area contributed by atoms with Gasteiger partial charge in [0.1, 0.15) is 0 Å². The van der Waals surface area contributed by atoms with Gasteiger partial charge in [0.15, 0.2) is 0 Å². The van der Waals surface area contributed by atoms with Gasteiger partial charge in [-0.2, -0.15) is 17.0 Å². The molecule has 0 aromatic rings. The third kappa shape index (κ3) is 2.81. The van der Waals surface area contributed by atoms with Crippen LogP contribution < -0.4 is 5.73 Å². The molecule has 5 nitrogen and oxygen atoms in total. The van der Waals surface area contributed by atoms with Crippen LogP contribution in [-0.4, -0.2) is 48.7 Å². The quantitative estimate of drug-likeness (QED) is 0.788. The molecule has 2 rings (SSSR count). The average molecular weight is 261 g/mol. The predicted molar refractivity (Wildman–Crippen MR) is 67.7 cm³/mol. The van der Waals surface area contributed by atoms with Crippen LogP contribution in [0, 0.1) is 0 Å². The summed E-state index contributed by atoms with van der Waals surface area (Å²) in [6, 6.07) is 0.130. The third-order valence-electron chi connectivity index (χ3n) is 3.79. The fourth-order valence-electron chi connectivity index (χ4n) is 2.75. The molecule has 2 aliphatic heterocycles. The van der Waals surface area contributed by atoms with E-state index in [0.29, 0.717) is 19.6 Å². The Morgan fingerprint density at radius 3 is 2.53 bits per heavy atom. The van der Waals surface area contributed by atoms with Crippen molar-refractivity contribution in [3.8, 4) is 0 Å². The summed E-state index contributed by atoms with van der Waals surface area (Å²) in [6.07, 6.45) is 4.89. The average Bonchev–Trinajstić information content (AvgIpc) is 2.29. The molecule has 0 amide bonds. The van der Waals surface area contributed by atoms with E-state index in [-0.39, 0.29) is 12.1 Å². The molecule has 0 saturated carbocycles. The van der Waals surface area contributed by atoms with E-state index in [1.165, 1.54) is 0 Å². The molecular formula is C11H23N3O2S. The number of hydrogen-bond acceptors (Lipinski definition) is 3. The maximum Gasteiger partial charge on any atom is 0.282 e. The number of rotatable bonds is 2. The van der Waals surface area contributed by atoms with Crippen molar-refractivity contribution in [3.05, 3.63) is 0 Å². The van der Waals surface area contributed by atoms with Crippen LogP contribution in [0.3, 0.4) is 0 Å². The Morgan fingerprint density at radius 2 is 1.88 bits per heavy atom. The minimum absolute atomic E-state index is 0.00128. The van der Waals surface area contributed by atoms with Crippen molar-refractivity contribution in [2.45, 2.75) is 51.1 Å². The fourth-order valence-corrected chi connectivity index (χ4v) is 4.70. The van der Waals surface area contributed by atoms with E-state index in [2.05, 4.69) is 0 Å². The summed E-state index contributed by atoms with van der Waals surface area (Å²) < 4.78 is 28.2. The molecular weight excluding hydrogens is 238 g/mol. The molecule has 2 aliphatic rings. The minimum Gasteiger partial charge on any atom is -0.327 e. The fraction of sp³-hybridized carbons (Fsp3) is 1.00. The summed E-state index contributed by atoms with van der Waals surface area (Å²) in [5.74, 6) is 0. The third-order valence-corrected chi connectivity index (χ3v) is 5.90. The second-order valence-corrected chi connectivity index (χ2v) is 7.10. The van der Waals surface area contributed by atoms with Crippen LogP contribution in [0.2, 0.25) is 0 Å². The molecule has 1 unspecified atom stereocenters. The van der Waals surface area contributed by atoms with Crippen LogP contribution in [0.4, 0.5) is 0 Å². The summed E-state index contributed by atoms with van der Waals surface area (Å²) >= 11 is 0. The van der Waals surface area contributed by atoms with Crippen molar-refractivity contribution in [1.82, 2.24) is 8.61 Å². The smallest absolute Gasteiger partial charge is 0.282 e. The van der Waals surface area contributed by atoms with Crippen molar-refractivity contribution >= 4 is 10.2 Å². The zero-order valence-electron chi connectivity index (χ0n) is 10.5. The molecule has 2 saturated heterocycles. The van der Waals surface area contributed by atoms with Gasteiger partial charge in [-0.3, -0.25) is 0 Å². The number of nitrogens with two attached hydrogens (primary N) is 1. The molecule has 6 heteroatoms. The van der Waals surface area contributed by atoms with Crippen molar-refractivity contribution in [3.63, 3.8) is 0 Å². The van der Waals surface area contributed by atoms with Crippen LogP contribution in [0.1, 0.15) is 39.0 Å². The van der Waals surface area contributed by atoms with Crippen molar-refractivity contribution in [1.29, 1.82) is 0 Å². The van der Waals surface area contributed by atoms with Gasteiger partial charge in [-0.15, -0.1) is 0 Å². The highest BCUT2D eigenvalue weighted by Gasteiger charge is 2.36. The Balaban J connectivity index is 2.11. The maximum absolute atomic E-state index is 12.5. The Morgan fingerprint density at radius 1 is 1.12 bits per heavy atom. The summed E-state index contributed by atoms with van der Waals surface area (Å²) in [5, 5.41) is 0. The van der Waals surface area contributed by atoms with Gasteiger partial charge in [-0.05, 0) is 32.6 Å². The largest absolute Gasteiger partial charge is 0.327 e. The summed E-state index contributed by atoms with van der Waals surface area (Å²) in [4.78, 5) is 0. The van der Waals surface area contributed by atoms with Crippen LogP contribution >= 0.6 is 0 Å². The standard InChI is InChI=1S/C11H23N3O2S/c1-10-5-2-3-8-14(10)17(15,16)13-7-4-6-11(12)9-13/h10-11H,2-9,12H2,1H3/t10?,11-/m1/s1. The van der Waals surface area contributed by atoms with E-state index in [4.69, 9.17) is 5.73 Å². The number of piperidine rings is 2. The Labute approximate surface area is 104 Å². The van der Waals surface area contributed by atoms with Crippen molar-refractivity contribution in [2.75, 3.05) is 19.6 Å². The van der Waals surface area contributed by atoms with Gasteiger partial charge in [-0.1, -0.05) is 6.42 Å². The lowest BCUT2D eigenvalue weighted by Crippen LogP contribution is -2.54. The van der Waals surface area contributed by atoms with E-state index >= 15 is 0 Å². The molecule has 0 spiro atoms. The zero-order valence-corrected chi connectivity index (χ0v) is 11.3. The normalized spacial score (nSPS) is 33.8. The molecule has 0 aliphatic carbocycles. The Bertz CT molecular complexity index is 358. The Kier molecular flexibility index (Phi) is 4.07. The molecule has 0 aromatic heterocycles. The lowest BCUT2D eigenvalue weighted by atomic mass is 10.1. The first-order valence-corrected chi connectivity index (χ1v) is 7.94. The van der Waals surface area contributed by atoms with Crippen molar-refractivity contribution < 1.29 is 8.42 Å². The molecule has 2 heterocycles. The molecule has 100 valence electrons. The first kappa shape index (κ1) is 13.3. The molecule has 2 fully saturated rings. The monoisotopic (exact) mass is 261 g/mol. The molecule has 17 heavy (non-hydrogen) atoms. The molecule has 2 atom stereocenters. The SMILES string of the molecule is CC1CCCCN1S(=O)(=O)N1CCC[C@@H](N)C1. The highest BCUT2D eigenvalue weighted by Crippen LogP contribution is 2.24. The van der Waals surface area contributed by atoms with E-state index < -0.39 is 10.2 Å². The van der Waals surface area contributed by atoms with Crippen LogP contribution in [0.5, 0.6) is 0 Å². The minimum atomic E-state index is -3.28. The van der Waals surface area contributed by atoms with Gasteiger partial charge in [-0.25, -0.2) is 0 Å². The van der Waals surface area contributed by atoms with E-state index in [1.807, 2.05) is 6.92 Å². The van der Waals surface area contributed by atoms with E-state index in [9.17, 15) is 8.42 Å². The molecule has 0 aromatic carbocycles. The number of hydrogen-bond donors (Lipinski definition) is 1. The van der Waals surface area contributed by atoms with Gasteiger partial charge < -0.3 is 5.73 Å². The van der Waals surface area contributed by atoms with Crippen LogP contribution in [0.15, 0.2) is 0 Å². The molecule has 2 N–H and O–H groups in total. The van der Waals surface area contributed by atoms with Gasteiger partial charge in [0.25, 0.3) is 10.2 Å². The zero-order chi connectivity index (χ0) is 12.5. The molecule has 0 bridgehead atoms.